The number of carbonyl (C=O) groups excluding carboxylic acids is 2. The van der Waals surface area contributed by atoms with Crippen molar-refractivity contribution < 1.29 is 9.59 Å². The highest BCUT2D eigenvalue weighted by molar-refractivity contribution is 6.00. The summed E-state index contributed by atoms with van der Waals surface area (Å²) in [7, 11) is 0. The van der Waals surface area contributed by atoms with Crippen molar-refractivity contribution in [2.45, 2.75) is 12.8 Å². The van der Waals surface area contributed by atoms with Crippen LogP contribution in [0, 0.1) is 5.92 Å². The summed E-state index contributed by atoms with van der Waals surface area (Å²) in [4.78, 5) is 23.2. The molecule has 1 saturated heterocycles. The van der Waals surface area contributed by atoms with Crippen LogP contribution in [0.15, 0.2) is 18.2 Å². The molecule has 18 heavy (non-hydrogen) atoms. The van der Waals surface area contributed by atoms with Crippen molar-refractivity contribution in [1.82, 2.24) is 5.32 Å². The fraction of sp³-hybridized carbons (Fsp3) is 0.385. The lowest BCUT2D eigenvalue weighted by atomic mass is 10.1. The first-order valence-corrected chi connectivity index (χ1v) is 6.17. The minimum Gasteiger partial charge on any atom is -0.326 e. The molecule has 0 bridgehead atoms. The van der Waals surface area contributed by atoms with Gasteiger partial charge in [0.05, 0.1) is 12.3 Å². The Morgan fingerprint density at radius 1 is 1.39 bits per heavy atom. The summed E-state index contributed by atoms with van der Waals surface area (Å²) in [6, 6.07) is 5.53. The predicted molar refractivity (Wildman–Crippen MR) is 68.4 cm³/mol. The van der Waals surface area contributed by atoms with Crippen LogP contribution in [0.5, 0.6) is 0 Å². The van der Waals surface area contributed by atoms with Gasteiger partial charge in [-0.2, -0.15) is 0 Å². The number of carbonyl (C=O) groups is 2. The summed E-state index contributed by atoms with van der Waals surface area (Å²) < 4.78 is 0. The Kier molecular flexibility index (Phi) is 2.76. The van der Waals surface area contributed by atoms with Crippen molar-refractivity contribution >= 4 is 23.2 Å². The smallest absolute Gasteiger partial charge is 0.228 e. The largest absolute Gasteiger partial charge is 0.326 e. The van der Waals surface area contributed by atoms with E-state index in [1.54, 1.807) is 0 Å². The molecule has 3 rings (SSSR count). The Morgan fingerprint density at radius 2 is 2.28 bits per heavy atom. The van der Waals surface area contributed by atoms with E-state index in [1.807, 2.05) is 18.2 Å². The number of hydrogen-bond donors (Lipinski definition) is 3. The molecule has 0 aromatic heterocycles. The third kappa shape index (κ3) is 2.09. The summed E-state index contributed by atoms with van der Waals surface area (Å²) in [6.07, 6.45) is 1.28. The maximum absolute atomic E-state index is 11.9. The molecule has 0 saturated carbocycles. The Bertz CT molecular complexity index is 507. The number of anilines is 2. The zero-order valence-electron chi connectivity index (χ0n) is 9.95. The van der Waals surface area contributed by atoms with Gasteiger partial charge in [-0.15, -0.1) is 0 Å². The van der Waals surface area contributed by atoms with E-state index < -0.39 is 0 Å². The Hall–Kier alpha value is -1.88. The van der Waals surface area contributed by atoms with Crippen molar-refractivity contribution in [3.63, 3.8) is 0 Å². The fourth-order valence-corrected chi connectivity index (χ4v) is 2.43. The zero-order chi connectivity index (χ0) is 12.5. The first-order valence-electron chi connectivity index (χ1n) is 6.17. The summed E-state index contributed by atoms with van der Waals surface area (Å²) in [5.41, 5.74) is 2.56. The van der Waals surface area contributed by atoms with E-state index in [4.69, 9.17) is 0 Å². The minimum absolute atomic E-state index is 0.00784. The molecule has 1 fully saturated rings. The molecule has 2 aliphatic heterocycles. The van der Waals surface area contributed by atoms with Crippen molar-refractivity contribution in [2.75, 3.05) is 23.7 Å². The Balaban J connectivity index is 1.72. The van der Waals surface area contributed by atoms with Crippen LogP contribution in [0.3, 0.4) is 0 Å². The van der Waals surface area contributed by atoms with Gasteiger partial charge in [-0.3, -0.25) is 9.59 Å². The molecule has 94 valence electrons. The molecule has 5 nitrogen and oxygen atoms in total. The highest BCUT2D eigenvalue weighted by atomic mass is 16.2. The summed E-state index contributed by atoms with van der Waals surface area (Å²) in [5, 5.41) is 8.85. The molecule has 1 unspecified atom stereocenters. The maximum atomic E-state index is 11.9. The van der Waals surface area contributed by atoms with Crippen LogP contribution < -0.4 is 16.0 Å². The van der Waals surface area contributed by atoms with E-state index in [2.05, 4.69) is 16.0 Å². The van der Waals surface area contributed by atoms with E-state index in [-0.39, 0.29) is 17.7 Å². The topological polar surface area (TPSA) is 70.2 Å². The molecule has 1 atom stereocenters. The van der Waals surface area contributed by atoms with Gasteiger partial charge >= 0.3 is 0 Å². The van der Waals surface area contributed by atoms with Gasteiger partial charge in [0, 0.05) is 17.9 Å². The SMILES string of the molecule is O=C1Cc2cc(NC(=O)C3CCNC3)ccc2N1. The van der Waals surface area contributed by atoms with E-state index in [0.29, 0.717) is 6.42 Å². The van der Waals surface area contributed by atoms with Gasteiger partial charge in [0.15, 0.2) is 0 Å². The van der Waals surface area contributed by atoms with Gasteiger partial charge in [-0.25, -0.2) is 0 Å². The van der Waals surface area contributed by atoms with Crippen LogP contribution in [-0.2, 0) is 16.0 Å². The van der Waals surface area contributed by atoms with Crippen LogP contribution in [0.2, 0.25) is 0 Å². The normalized spacial score (nSPS) is 21.6. The zero-order valence-corrected chi connectivity index (χ0v) is 9.95. The third-order valence-corrected chi connectivity index (χ3v) is 3.43. The van der Waals surface area contributed by atoms with Crippen molar-refractivity contribution in [2.24, 2.45) is 5.92 Å². The van der Waals surface area contributed by atoms with Crippen molar-refractivity contribution in [3.05, 3.63) is 23.8 Å². The molecule has 2 heterocycles. The molecular weight excluding hydrogens is 230 g/mol. The van der Waals surface area contributed by atoms with Gasteiger partial charge in [0.1, 0.15) is 0 Å². The van der Waals surface area contributed by atoms with Crippen LogP contribution in [-0.4, -0.2) is 24.9 Å². The number of hydrogen-bond acceptors (Lipinski definition) is 3. The second-order valence-corrected chi connectivity index (χ2v) is 4.78. The molecule has 2 aliphatic rings. The average Bonchev–Trinajstić information content (AvgIpc) is 2.95. The van der Waals surface area contributed by atoms with Gasteiger partial charge in [0.25, 0.3) is 0 Å². The summed E-state index contributed by atoms with van der Waals surface area (Å²) in [5.74, 6) is 0.115. The van der Waals surface area contributed by atoms with E-state index >= 15 is 0 Å². The lowest BCUT2D eigenvalue weighted by Crippen LogP contribution is -2.24. The number of nitrogens with one attached hydrogen (secondary N) is 3. The van der Waals surface area contributed by atoms with Crippen LogP contribution in [0.25, 0.3) is 0 Å². The van der Waals surface area contributed by atoms with Crippen molar-refractivity contribution in [1.29, 1.82) is 0 Å². The number of fused-ring (bicyclic) bond motifs is 1. The Labute approximate surface area is 105 Å². The minimum atomic E-state index is 0.00784. The summed E-state index contributed by atoms with van der Waals surface area (Å²) >= 11 is 0. The number of rotatable bonds is 2. The molecule has 0 radical (unpaired) electrons. The molecule has 5 heteroatoms. The molecule has 1 aromatic carbocycles. The number of benzene rings is 1. The van der Waals surface area contributed by atoms with Crippen LogP contribution >= 0.6 is 0 Å². The fourth-order valence-electron chi connectivity index (χ4n) is 2.43. The van der Waals surface area contributed by atoms with E-state index in [0.717, 1.165) is 36.4 Å². The molecular formula is C13H15N3O2. The lowest BCUT2D eigenvalue weighted by Gasteiger charge is -2.10. The van der Waals surface area contributed by atoms with Gasteiger partial charge in [0.2, 0.25) is 11.8 Å². The third-order valence-electron chi connectivity index (χ3n) is 3.43. The highest BCUT2D eigenvalue weighted by Crippen LogP contribution is 2.26. The lowest BCUT2D eigenvalue weighted by molar-refractivity contribution is -0.119. The maximum Gasteiger partial charge on any atom is 0.228 e. The quantitative estimate of drug-likeness (QED) is 0.719. The molecule has 1 aromatic rings. The van der Waals surface area contributed by atoms with E-state index in [1.165, 1.54) is 0 Å². The predicted octanol–water partition coefficient (Wildman–Crippen LogP) is 0.729. The monoisotopic (exact) mass is 245 g/mol. The average molecular weight is 245 g/mol. The second kappa shape index (κ2) is 4.42. The van der Waals surface area contributed by atoms with E-state index in [9.17, 15) is 9.59 Å². The van der Waals surface area contributed by atoms with Gasteiger partial charge < -0.3 is 16.0 Å². The van der Waals surface area contributed by atoms with Crippen LogP contribution in [0.1, 0.15) is 12.0 Å². The first-order chi connectivity index (χ1) is 8.72. The number of amides is 2. The van der Waals surface area contributed by atoms with Gasteiger partial charge in [-0.1, -0.05) is 0 Å². The standard InChI is InChI=1S/C13H15N3O2/c17-12-6-9-5-10(1-2-11(9)16-12)15-13(18)8-3-4-14-7-8/h1-2,5,8,14H,3-4,6-7H2,(H,15,18)(H,16,17). The molecule has 0 spiro atoms. The molecule has 3 N–H and O–H groups in total. The molecule has 0 aliphatic carbocycles. The Morgan fingerprint density at radius 3 is 3.06 bits per heavy atom. The molecule has 2 amide bonds. The highest BCUT2D eigenvalue weighted by Gasteiger charge is 2.23. The summed E-state index contributed by atoms with van der Waals surface area (Å²) in [6.45, 7) is 1.65. The van der Waals surface area contributed by atoms with Crippen molar-refractivity contribution in [3.8, 4) is 0 Å². The second-order valence-electron chi connectivity index (χ2n) is 4.78. The van der Waals surface area contributed by atoms with Gasteiger partial charge in [-0.05, 0) is 36.7 Å². The van der Waals surface area contributed by atoms with Crippen LogP contribution in [0.4, 0.5) is 11.4 Å². The first kappa shape index (κ1) is 11.2.